The van der Waals surface area contributed by atoms with Crippen molar-refractivity contribution in [3.8, 4) is 0 Å². The summed E-state index contributed by atoms with van der Waals surface area (Å²) in [5.41, 5.74) is 3.60. The van der Waals surface area contributed by atoms with E-state index < -0.39 is 0 Å². The van der Waals surface area contributed by atoms with E-state index in [9.17, 15) is 4.79 Å². The van der Waals surface area contributed by atoms with Crippen molar-refractivity contribution in [1.82, 2.24) is 20.1 Å². The number of carbonyl (C=O) groups excluding carboxylic acids is 1. The number of nitrogens with one attached hydrogen (secondary N) is 1. The average Bonchev–Trinajstić information content (AvgIpc) is 2.80. The molecule has 1 amide bonds. The van der Waals surface area contributed by atoms with E-state index in [2.05, 4.69) is 29.2 Å². The first-order chi connectivity index (χ1) is 10.5. The highest BCUT2D eigenvalue weighted by atomic mass is 16.1. The molecule has 0 atom stereocenters. The summed E-state index contributed by atoms with van der Waals surface area (Å²) in [6, 6.07) is 3.82. The normalized spacial score (nSPS) is 11.0. The van der Waals surface area contributed by atoms with Crippen molar-refractivity contribution in [2.45, 2.75) is 40.2 Å². The van der Waals surface area contributed by atoms with Gasteiger partial charge in [0.05, 0.1) is 17.0 Å². The Hall–Kier alpha value is -2.17. The zero-order chi connectivity index (χ0) is 16.1. The van der Waals surface area contributed by atoms with Crippen molar-refractivity contribution in [2.24, 2.45) is 13.0 Å². The third kappa shape index (κ3) is 3.72. The Morgan fingerprint density at radius 3 is 2.77 bits per heavy atom. The summed E-state index contributed by atoms with van der Waals surface area (Å²) in [5, 5.41) is 7.53. The van der Waals surface area contributed by atoms with Gasteiger partial charge < -0.3 is 5.32 Å². The van der Waals surface area contributed by atoms with E-state index in [1.807, 2.05) is 30.8 Å². The number of nitrogens with zero attached hydrogens (tertiary/aromatic N) is 3. The summed E-state index contributed by atoms with van der Waals surface area (Å²) in [7, 11) is 1.90. The minimum atomic E-state index is -0.0514. The molecule has 118 valence electrons. The summed E-state index contributed by atoms with van der Waals surface area (Å²) < 4.78 is 1.83. The molecule has 2 heterocycles. The Labute approximate surface area is 131 Å². The summed E-state index contributed by atoms with van der Waals surface area (Å²) in [5.74, 6) is 0.411. The van der Waals surface area contributed by atoms with Crippen LogP contribution in [-0.2, 0) is 26.4 Å². The van der Waals surface area contributed by atoms with Crippen molar-refractivity contribution in [2.75, 3.05) is 0 Å². The van der Waals surface area contributed by atoms with Gasteiger partial charge in [0.2, 0.25) is 0 Å². The number of carbonyl (C=O) groups is 1. The Balaban J connectivity index is 2.20. The molecular formula is C17H24N4O. The fraction of sp³-hybridized carbons (Fsp3) is 0.471. The predicted molar refractivity (Wildman–Crippen MR) is 86.5 cm³/mol. The van der Waals surface area contributed by atoms with Crippen molar-refractivity contribution < 1.29 is 4.79 Å². The molecule has 2 aromatic heterocycles. The smallest absolute Gasteiger partial charge is 0.255 e. The second-order valence-electron chi connectivity index (χ2n) is 5.89. The number of amides is 1. The second kappa shape index (κ2) is 7.20. The van der Waals surface area contributed by atoms with Crippen LogP contribution in [0.5, 0.6) is 0 Å². The monoisotopic (exact) mass is 300 g/mol. The number of rotatable bonds is 6. The lowest BCUT2D eigenvalue weighted by Gasteiger charge is -2.08. The van der Waals surface area contributed by atoms with Crippen LogP contribution in [0.15, 0.2) is 24.5 Å². The Morgan fingerprint density at radius 2 is 2.18 bits per heavy atom. The van der Waals surface area contributed by atoms with E-state index in [0.29, 0.717) is 12.5 Å². The highest BCUT2D eigenvalue weighted by Gasteiger charge is 2.21. The molecule has 0 saturated carbocycles. The summed E-state index contributed by atoms with van der Waals surface area (Å²) in [6.07, 6.45) is 5.09. The van der Waals surface area contributed by atoms with Gasteiger partial charge in [-0.1, -0.05) is 26.8 Å². The van der Waals surface area contributed by atoms with E-state index in [1.54, 1.807) is 12.4 Å². The van der Waals surface area contributed by atoms with Crippen LogP contribution in [0.4, 0.5) is 0 Å². The maximum absolute atomic E-state index is 12.6. The summed E-state index contributed by atoms with van der Waals surface area (Å²) in [4.78, 5) is 16.7. The molecule has 0 aliphatic heterocycles. The molecule has 2 aromatic rings. The van der Waals surface area contributed by atoms with Crippen LogP contribution in [-0.4, -0.2) is 20.7 Å². The molecule has 0 aromatic carbocycles. The molecule has 0 aliphatic carbocycles. The van der Waals surface area contributed by atoms with E-state index in [1.165, 1.54) is 0 Å². The third-order valence-electron chi connectivity index (χ3n) is 3.58. The molecule has 0 bridgehead atoms. The second-order valence-corrected chi connectivity index (χ2v) is 5.89. The molecule has 0 fully saturated rings. The molecule has 5 heteroatoms. The van der Waals surface area contributed by atoms with Gasteiger partial charge in [0.1, 0.15) is 0 Å². The third-order valence-corrected chi connectivity index (χ3v) is 3.58. The molecule has 22 heavy (non-hydrogen) atoms. The van der Waals surface area contributed by atoms with Gasteiger partial charge in [0.15, 0.2) is 0 Å². The maximum atomic E-state index is 12.6. The molecule has 0 saturated heterocycles. The number of aryl methyl sites for hydroxylation is 1. The number of pyridine rings is 1. The van der Waals surface area contributed by atoms with Crippen LogP contribution in [0.2, 0.25) is 0 Å². The first-order valence-electron chi connectivity index (χ1n) is 7.74. The van der Waals surface area contributed by atoms with Gasteiger partial charge in [-0.3, -0.25) is 14.5 Å². The maximum Gasteiger partial charge on any atom is 0.255 e. The standard InChI is InChI=1S/C17H24N4O/c1-5-15-16(14(9-12(2)3)20-21(15)4)17(22)19-11-13-7-6-8-18-10-13/h6-8,10,12H,5,9,11H2,1-4H3,(H,19,22). The van der Waals surface area contributed by atoms with Crippen LogP contribution < -0.4 is 5.32 Å². The highest BCUT2D eigenvalue weighted by Crippen LogP contribution is 2.18. The zero-order valence-electron chi connectivity index (χ0n) is 13.8. The molecule has 0 radical (unpaired) electrons. The number of hydrogen-bond donors (Lipinski definition) is 1. The number of aromatic nitrogens is 3. The molecule has 5 nitrogen and oxygen atoms in total. The lowest BCUT2D eigenvalue weighted by atomic mass is 10.0. The van der Waals surface area contributed by atoms with Gasteiger partial charge in [0.25, 0.3) is 5.91 Å². The van der Waals surface area contributed by atoms with Crippen LogP contribution in [0.3, 0.4) is 0 Å². The zero-order valence-corrected chi connectivity index (χ0v) is 13.8. The quantitative estimate of drug-likeness (QED) is 0.891. The van der Waals surface area contributed by atoms with Crippen molar-refractivity contribution in [3.05, 3.63) is 47.0 Å². The largest absolute Gasteiger partial charge is 0.348 e. The summed E-state index contributed by atoms with van der Waals surface area (Å²) >= 11 is 0. The first kappa shape index (κ1) is 16.2. The van der Waals surface area contributed by atoms with Crippen molar-refractivity contribution >= 4 is 5.91 Å². The van der Waals surface area contributed by atoms with Gasteiger partial charge in [-0.25, -0.2) is 0 Å². The topological polar surface area (TPSA) is 59.8 Å². The van der Waals surface area contributed by atoms with Gasteiger partial charge in [-0.15, -0.1) is 0 Å². The molecule has 0 unspecified atom stereocenters. The van der Waals surface area contributed by atoms with Crippen molar-refractivity contribution in [3.63, 3.8) is 0 Å². The lowest BCUT2D eigenvalue weighted by molar-refractivity contribution is 0.0948. The van der Waals surface area contributed by atoms with Gasteiger partial charge in [0, 0.05) is 26.0 Å². The van der Waals surface area contributed by atoms with Gasteiger partial charge in [-0.05, 0) is 30.4 Å². The van der Waals surface area contributed by atoms with E-state index in [0.717, 1.165) is 35.4 Å². The molecular weight excluding hydrogens is 276 g/mol. The highest BCUT2D eigenvalue weighted by molar-refractivity contribution is 5.96. The average molecular weight is 300 g/mol. The van der Waals surface area contributed by atoms with Crippen LogP contribution in [0.1, 0.15) is 48.1 Å². The molecule has 0 aliphatic rings. The first-order valence-corrected chi connectivity index (χ1v) is 7.74. The van der Waals surface area contributed by atoms with Crippen LogP contribution >= 0.6 is 0 Å². The summed E-state index contributed by atoms with van der Waals surface area (Å²) in [6.45, 7) is 6.80. The molecule has 2 rings (SSSR count). The van der Waals surface area contributed by atoms with E-state index in [4.69, 9.17) is 0 Å². The Bertz CT molecular complexity index is 632. The molecule has 0 spiro atoms. The minimum Gasteiger partial charge on any atom is -0.348 e. The van der Waals surface area contributed by atoms with Crippen molar-refractivity contribution in [1.29, 1.82) is 0 Å². The fourth-order valence-corrected chi connectivity index (χ4v) is 2.59. The van der Waals surface area contributed by atoms with Crippen LogP contribution in [0, 0.1) is 5.92 Å². The van der Waals surface area contributed by atoms with E-state index >= 15 is 0 Å². The van der Waals surface area contributed by atoms with E-state index in [-0.39, 0.29) is 5.91 Å². The van der Waals surface area contributed by atoms with Crippen LogP contribution in [0.25, 0.3) is 0 Å². The molecule has 1 N–H and O–H groups in total. The predicted octanol–water partition coefficient (Wildman–Crippen LogP) is 2.51. The fourth-order valence-electron chi connectivity index (χ4n) is 2.59. The number of hydrogen-bond acceptors (Lipinski definition) is 3. The minimum absolute atomic E-state index is 0.0514. The van der Waals surface area contributed by atoms with Gasteiger partial charge >= 0.3 is 0 Å². The SMILES string of the molecule is CCc1c(C(=O)NCc2cccnc2)c(CC(C)C)nn1C. The Kier molecular flexibility index (Phi) is 5.31. The Morgan fingerprint density at radius 1 is 1.41 bits per heavy atom. The lowest BCUT2D eigenvalue weighted by Crippen LogP contribution is -2.25. The van der Waals surface area contributed by atoms with Gasteiger partial charge in [-0.2, -0.15) is 5.10 Å².